The van der Waals surface area contributed by atoms with Crippen LogP contribution in [0.1, 0.15) is 43.7 Å². The van der Waals surface area contributed by atoms with Gasteiger partial charge in [0.25, 0.3) is 0 Å². The third-order valence-electron chi connectivity index (χ3n) is 3.70. The predicted octanol–water partition coefficient (Wildman–Crippen LogP) is 1.91. The molecule has 0 amide bonds. The highest BCUT2D eigenvalue weighted by Crippen LogP contribution is 2.15. The number of nitrogens with one attached hydrogen (secondary N) is 2. The molecule has 0 bridgehead atoms. The van der Waals surface area contributed by atoms with Crippen molar-refractivity contribution in [2.24, 2.45) is 4.99 Å². The molecule has 0 aliphatic heterocycles. The maximum atomic E-state index is 5.44. The van der Waals surface area contributed by atoms with Crippen LogP contribution in [0.15, 0.2) is 9.52 Å². The number of methoxy groups -OCH3 is 1. The summed E-state index contributed by atoms with van der Waals surface area (Å²) in [4.78, 5) is 4.25. The Labute approximate surface area is 145 Å². The standard InChI is InChI=1S/C17H32N4O3/c1-5-15-14(16(6-2)24-21-15)13-20-17(18-3)19-9-7-8-10-23-12-11-22-4/h5-13H2,1-4H3,(H2,18,19,20). The Kier molecular flexibility index (Phi) is 10.9. The van der Waals surface area contributed by atoms with Crippen molar-refractivity contribution < 1.29 is 14.0 Å². The molecule has 2 N–H and O–H groups in total. The summed E-state index contributed by atoms with van der Waals surface area (Å²) in [5.74, 6) is 1.74. The lowest BCUT2D eigenvalue weighted by Crippen LogP contribution is -2.37. The molecule has 7 nitrogen and oxygen atoms in total. The summed E-state index contributed by atoms with van der Waals surface area (Å²) in [7, 11) is 3.46. The van der Waals surface area contributed by atoms with E-state index in [1.165, 1.54) is 0 Å². The van der Waals surface area contributed by atoms with Crippen molar-refractivity contribution in [3.8, 4) is 0 Å². The summed E-state index contributed by atoms with van der Waals surface area (Å²) in [6.45, 7) is 7.77. The molecular weight excluding hydrogens is 308 g/mol. The summed E-state index contributed by atoms with van der Waals surface area (Å²) in [5.41, 5.74) is 2.16. The highest BCUT2D eigenvalue weighted by Gasteiger charge is 2.13. The highest BCUT2D eigenvalue weighted by molar-refractivity contribution is 5.79. The quantitative estimate of drug-likeness (QED) is 0.344. The number of nitrogens with zero attached hydrogens (tertiary/aromatic N) is 2. The van der Waals surface area contributed by atoms with Gasteiger partial charge in [-0.15, -0.1) is 0 Å². The number of guanidine groups is 1. The average Bonchev–Trinajstić information content (AvgIpc) is 3.01. The van der Waals surface area contributed by atoms with E-state index in [1.54, 1.807) is 14.2 Å². The van der Waals surface area contributed by atoms with Gasteiger partial charge in [-0.1, -0.05) is 19.0 Å². The highest BCUT2D eigenvalue weighted by atomic mass is 16.5. The molecule has 138 valence electrons. The van der Waals surface area contributed by atoms with E-state index in [1.807, 2.05) is 0 Å². The SMILES string of the molecule is CCc1noc(CC)c1CNC(=NC)NCCCCOCCOC. The molecule has 0 saturated carbocycles. The molecule has 0 spiro atoms. The number of hydrogen-bond donors (Lipinski definition) is 2. The first-order valence-electron chi connectivity index (χ1n) is 8.74. The summed E-state index contributed by atoms with van der Waals surface area (Å²) >= 11 is 0. The van der Waals surface area contributed by atoms with Crippen molar-refractivity contribution in [1.82, 2.24) is 15.8 Å². The first kappa shape index (κ1) is 20.4. The zero-order valence-corrected chi connectivity index (χ0v) is 15.5. The van der Waals surface area contributed by atoms with Crippen molar-refractivity contribution >= 4 is 5.96 Å². The molecule has 1 aromatic rings. The number of aliphatic imine (C=N–C) groups is 1. The summed E-state index contributed by atoms with van der Waals surface area (Å²) < 4.78 is 15.8. The minimum Gasteiger partial charge on any atom is -0.382 e. The maximum Gasteiger partial charge on any atom is 0.191 e. The molecule has 0 atom stereocenters. The van der Waals surface area contributed by atoms with Crippen LogP contribution in [0.2, 0.25) is 0 Å². The van der Waals surface area contributed by atoms with Crippen molar-refractivity contribution in [2.45, 2.75) is 46.1 Å². The molecule has 1 rings (SSSR count). The van der Waals surface area contributed by atoms with Crippen LogP contribution in [0.3, 0.4) is 0 Å². The second-order valence-electron chi connectivity index (χ2n) is 5.40. The molecule has 24 heavy (non-hydrogen) atoms. The molecule has 1 heterocycles. The average molecular weight is 340 g/mol. The molecule has 0 aliphatic rings. The van der Waals surface area contributed by atoms with Gasteiger partial charge in [0.2, 0.25) is 0 Å². The molecule has 0 radical (unpaired) electrons. The Morgan fingerprint density at radius 2 is 1.96 bits per heavy atom. The molecule has 0 saturated heterocycles. The molecular formula is C17H32N4O3. The van der Waals surface area contributed by atoms with E-state index in [9.17, 15) is 0 Å². The van der Waals surface area contributed by atoms with E-state index in [2.05, 4.69) is 34.6 Å². The Morgan fingerprint density at radius 1 is 1.12 bits per heavy atom. The van der Waals surface area contributed by atoms with Gasteiger partial charge >= 0.3 is 0 Å². The van der Waals surface area contributed by atoms with E-state index in [0.29, 0.717) is 19.8 Å². The van der Waals surface area contributed by atoms with Gasteiger partial charge in [0.15, 0.2) is 5.96 Å². The van der Waals surface area contributed by atoms with Crippen molar-refractivity contribution in [3.63, 3.8) is 0 Å². The number of hydrogen-bond acceptors (Lipinski definition) is 5. The van der Waals surface area contributed by atoms with Crippen LogP contribution in [-0.4, -0.2) is 51.6 Å². The second kappa shape index (κ2) is 12.8. The maximum absolute atomic E-state index is 5.44. The van der Waals surface area contributed by atoms with Crippen LogP contribution < -0.4 is 10.6 Å². The fourth-order valence-corrected chi connectivity index (χ4v) is 2.31. The van der Waals surface area contributed by atoms with Crippen LogP contribution in [0.5, 0.6) is 0 Å². The number of ether oxygens (including phenoxy) is 2. The Bertz CT molecular complexity index is 453. The monoisotopic (exact) mass is 340 g/mol. The molecule has 7 heteroatoms. The first-order valence-corrected chi connectivity index (χ1v) is 8.74. The molecule has 0 aliphatic carbocycles. The topological polar surface area (TPSA) is 80.9 Å². The second-order valence-corrected chi connectivity index (χ2v) is 5.40. The van der Waals surface area contributed by atoms with E-state index >= 15 is 0 Å². The normalized spacial score (nSPS) is 11.8. The summed E-state index contributed by atoms with van der Waals surface area (Å²) in [6, 6.07) is 0. The van der Waals surface area contributed by atoms with Crippen molar-refractivity contribution in [2.75, 3.05) is 40.5 Å². The number of aromatic nitrogens is 1. The Balaban J connectivity index is 2.25. The fourth-order valence-electron chi connectivity index (χ4n) is 2.31. The third-order valence-corrected chi connectivity index (χ3v) is 3.70. The largest absolute Gasteiger partial charge is 0.382 e. The van der Waals surface area contributed by atoms with Gasteiger partial charge in [0.05, 0.1) is 18.9 Å². The van der Waals surface area contributed by atoms with Gasteiger partial charge < -0.3 is 24.6 Å². The summed E-state index contributed by atoms with van der Waals surface area (Å²) in [5, 5.41) is 10.8. The fraction of sp³-hybridized carbons (Fsp3) is 0.765. The van der Waals surface area contributed by atoms with Gasteiger partial charge in [-0.2, -0.15) is 0 Å². The van der Waals surface area contributed by atoms with E-state index in [4.69, 9.17) is 14.0 Å². The van der Waals surface area contributed by atoms with Gasteiger partial charge in [-0.05, 0) is 19.3 Å². The van der Waals surface area contributed by atoms with Crippen LogP contribution in [-0.2, 0) is 28.9 Å². The Morgan fingerprint density at radius 3 is 2.62 bits per heavy atom. The number of aryl methyl sites for hydroxylation is 2. The van der Waals surface area contributed by atoms with Crippen LogP contribution in [0, 0.1) is 0 Å². The van der Waals surface area contributed by atoms with Crippen LogP contribution in [0.4, 0.5) is 0 Å². The molecule has 0 unspecified atom stereocenters. The minimum atomic E-state index is 0.650. The zero-order valence-electron chi connectivity index (χ0n) is 15.5. The number of rotatable bonds is 12. The van der Waals surface area contributed by atoms with Gasteiger partial charge in [0, 0.05) is 45.8 Å². The van der Waals surface area contributed by atoms with Gasteiger partial charge in [-0.3, -0.25) is 4.99 Å². The minimum absolute atomic E-state index is 0.650. The smallest absolute Gasteiger partial charge is 0.191 e. The van der Waals surface area contributed by atoms with Gasteiger partial charge in [0.1, 0.15) is 5.76 Å². The first-order chi connectivity index (χ1) is 11.8. The Hall–Kier alpha value is -1.60. The number of unbranched alkanes of at least 4 members (excludes halogenated alkanes) is 1. The summed E-state index contributed by atoms with van der Waals surface area (Å²) in [6.07, 6.45) is 3.76. The van der Waals surface area contributed by atoms with E-state index in [0.717, 1.165) is 61.8 Å². The third kappa shape index (κ3) is 7.31. The van der Waals surface area contributed by atoms with Crippen molar-refractivity contribution in [1.29, 1.82) is 0 Å². The lowest BCUT2D eigenvalue weighted by molar-refractivity contribution is 0.0689. The zero-order chi connectivity index (χ0) is 17.6. The molecule has 1 aromatic heterocycles. The predicted molar refractivity (Wildman–Crippen MR) is 95.4 cm³/mol. The lowest BCUT2D eigenvalue weighted by Gasteiger charge is -2.12. The van der Waals surface area contributed by atoms with Crippen molar-refractivity contribution in [3.05, 3.63) is 17.0 Å². The molecule has 0 fully saturated rings. The van der Waals surface area contributed by atoms with Crippen LogP contribution >= 0.6 is 0 Å². The molecule has 0 aromatic carbocycles. The van der Waals surface area contributed by atoms with Gasteiger partial charge in [-0.25, -0.2) is 0 Å². The van der Waals surface area contributed by atoms with E-state index < -0.39 is 0 Å². The van der Waals surface area contributed by atoms with Crippen LogP contribution in [0.25, 0.3) is 0 Å². The lowest BCUT2D eigenvalue weighted by atomic mass is 10.1. The van der Waals surface area contributed by atoms with E-state index in [-0.39, 0.29) is 0 Å².